The minimum atomic E-state index is 0.421. The maximum absolute atomic E-state index is 8.84. The highest BCUT2D eigenvalue weighted by Crippen LogP contribution is 2.18. The van der Waals surface area contributed by atoms with Gasteiger partial charge >= 0.3 is 0 Å². The summed E-state index contributed by atoms with van der Waals surface area (Å²) in [6.45, 7) is 2.60. The van der Waals surface area contributed by atoms with Gasteiger partial charge in [-0.25, -0.2) is 0 Å². The second-order valence-electron chi connectivity index (χ2n) is 4.19. The summed E-state index contributed by atoms with van der Waals surface area (Å²) >= 11 is 0. The van der Waals surface area contributed by atoms with Crippen LogP contribution in [0, 0.1) is 0 Å². The van der Waals surface area contributed by atoms with Crippen LogP contribution in [0.25, 0.3) is 0 Å². The molecule has 0 spiro atoms. The van der Waals surface area contributed by atoms with Gasteiger partial charge in [-0.05, 0) is 31.2 Å². The predicted octanol–water partition coefficient (Wildman–Crippen LogP) is 3.34. The molecule has 0 amide bonds. The molecule has 104 valence electrons. The van der Waals surface area contributed by atoms with Gasteiger partial charge in [0.15, 0.2) is 0 Å². The summed E-state index contributed by atoms with van der Waals surface area (Å²) in [7, 11) is 0. The fourth-order valence-corrected chi connectivity index (χ4v) is 1.77. The van der Waals surface area contributed by atoms with E-state index < -0.39 is 0 Å². The Kier molecular flexibility index (Phi) is 5.00. The van der Waals surface area contributed by atoms with E-state index >= 15 is 0 Å². The van der Waals surface area contributed by atoms with E-state index in [0.29, 0.717) is 24.7 Å². The standard InChI is InChI=1S/C16H17NO3/c1-13(17-18)15-9-5-6-10-16(15)20-12-11-19-14-7-3-2-4-8-14/h2-10,18H,11-12H2,1H3. The molecule has 2 aromatic carbocycles. The zero-order valence-electron chi connectivity index (χ0n) is 11.3. The number of benzene rings is 2. The molecule has 0 aliphatic rings. The van der Waals surface area contributed by atoms with Crippen molar-refractivity contribution < 1.29 is 14.7 Å². The van der Waals surface area contributed by atoms with E-state index in [1.165, 1.54) is 0 Å². The normalized spacial score (nSPS) is 11.2. The number of para-hydroxylation sites is 2. The summed E-state index contributed by atoms with van der Waals surface area (Å²) in [5.41, 5.74) is 1.29. The zero-order valence-corrected chi connectivity index (χ0v) is 11.3. The summed E-state index contributed by atoms with van der Waals surface area (Å²) in [6, 6.07) is 17.0. The lowest BCUT2D eigenvalue weighted by atomic mass is 10.1. The lowest BCUT2D eigenvalue weighted by Crippen LogP contribution is -2.10. The van der Waals surface area contributed by atoms with E-state index in [1.54, 1.807) is 6.92 Å². The summed E-state index contributed by atoms with van der Waals surface area (Å²) in [4.78, 5) is 0. The van der Waals surface area contributed by atoms with Crippen molar-refractivity contribution in [2.24, 2.45) is 5.16 Å². The highest BCUT2D eigenvalue weighted by Gasteiger charge is 2.06. The monoisotopic (exact) mass is 271 g/mol. The Hall–Kier alpha value is -2.49. The number of nitrogens with zero attached hydrogens (tertiary/aromatic N) is 1. The van der Waals surface area contributed by atoms with Gasteiger partial charge in [-0.3, -0.25) is 0 Å². The summed E-state index contributed by atoms with van der Waals surface area (Å²) in [6.07, 6.45) is 0. The predicted molar refractivity (Wildman–Crippen MR) is 77.9 cm³/mol. The van der Waals surface area contributed by atoms with Crippen LogP contribution < -0.4 is 9.47 Å². The lowest BCUT2D eigenvalue weighted by molar-refractivity contribution is 0.217. The van der Waals surface area contributed by atoms with Crippen LogP contribution in [0.1, 0.15) is 12.5 Å². The maximum atomic E-state index is 8.84. The fraction of sp³-hybridized carbons (Fsp3) is 0.188. The average molecular weight is 271 g/mol. The van der Waals surface area contributed by atoms with Crippen LogP contribution in [-0.4, -0.2) is 24.1 Å². The largest absolute Gasteiger partial charge is 0.490 e. The van der Waals surface area contributed by atoms with Gasteiger partial charge < -0.3 is 14.7 Å². The van der Waals surface area contributed by atoms with Crippen LogP contribution in [0.4, 0.5) is 0 Å². The highest BCUT2D eigenvalue weighted by atomic mass is 16.5. The first-order chi connectivity index (χ1) is 9.81. The van der Waals surface area contributed by atoms with E-state index in [1.807, 2.05) is 54.6 Å². The van der Waals surface area contributed by atoms with Gasteiger partial charge in [0.05, 0.1) is 5.71 Å². The van der Waals surface area contributed by atoms with Gasteiger partial charge in [0.1, 0.15) is 24.7 Å². The third kappa shape index (κ3) is 3.75. The minimum absolute atomic E-state index is 0.421. The van der Waals surface area contributed by atoms with Crippen LogP contribution in [0.15, 0.2) is 59.8 Å². The van der Waals surface area contributed by atoms with E-state index in [0.717, 1.165) is 11.3 Å². The Labute approximate surface area is 118 Å². The second-order valence-corrected chi connectivity index (χ2v) is 4.19. The fourth-order valence-electron chi connectivity index (χ4n) is 1.77. The molecule has 0 saturated carbocycles. The van der Waals surface area contributed by atoms with E-state index in [9.17, 15) is 0 Å². The van der Waals surface area contributed by atoms with Crippen molar-refractivity contribution in [2.45, 2.75) is 6.92 Å². The molecule has 0 aliphatic heterocycles. The second kappa shape index (κ2) is 7.19. The molecule has 0 atom stereocenters. The number of hydrogen-bond acceptors (Lipinski definition) is 4. The summed E-state index contributed by atoms with van der Waals surface area (Å²) in [5, 5.41) is 12.0. The van der Waals surface area contributed by atoms with Crippen molar-refractivity contribution in [2.75, 3.05) is 13.2 Å². The summed E-state index contributed by atoms with van der Waals surface area (Å²) < 4.78 is 11.2. The Balaban J connectivity index is 1.88. The topological polar surface area (TPSA) is 51.1 Å². The van der Waals surface area contributed by atoms with Gasteiger partial charge in [0.25, 0.3) is 0 Å². The van der Waals surface area contributed by atoms with Gasteiger partial charge in [0, 0.05) is 5.56 Å². The maximum Gasteiger partial charge on any atom is 0.128 e. The third-order valence-corrected chi connectivity index (χ3v) is 2.78. The Bertz CT molecular complexity index is 567. The molecule has 0 aliphatic carbocycles. The Morgan fingerprint density at radius 2 is 1.60 bits per heavy atom. The number of oxime groups is 1. The molecular formula is C16H17NO3. The van der Waals surface area contributed by atoms with Gasteiger partial charge in [-0.1, -0.05) is 35.5 Å². The Morgan fingerprint density at radius 1 is 0.950 bits per heavy atom. The molecular weight excluding hydrogens is 254 g/mol. The van der Waals surface area contributed by atoms with Gasteiger partial charge in [-0.15, -0.1) is 0 Å². The quantitative estimate of drug-likeness (QED) is 0.379. The van der Waals surface area contributed by atoms with Crippen LogP contribution in [-0.2, 0) is 0 Å². The molecule has 0 aromatic heterocycles. The number of hydrogen-bond donors (Lipinski definition) is 1. The van der Waals surface area contributed by atoms with E-state index in [4.69, 9.17) is 14.7 Å². The summed E-state index contributed by atoms with van der Waals surface area (Å²) in [5.74, 6) is 1.50. The van der Waals surface area contributed by atoms with Crippen molar-refractivity contribution in [1.82, 2.24) is 0 Å². The van der Waals surface area contributed by atoms with Crippen LogP contribution in [0.2, 0.25) is 0 Å². The lowest BCUT2D eigenvalue weighted by Gasteiger charge is -2.11. The molecule has 0 fully saturated rings. The average Bonchev–Trinajstić information content (AvgIpc) is 2.52. The first-order valence-electron chi connectivity index (χ1n) is 6.40. The first-order valence-corrected chi connectivity index (χ1v) is 6.40. The van der Waals surface area contributed by atoms with Gasteiger partial charge in [-0.2, -0.15) is 0 Å². The first kappa shape index (κ1) is 13.9. The van der Waals surface area contributed by atoms with Crippen LogP contribution >= 0.6 is 0 Å². The van der Waals surface area contributed by atoms with E-state index in [2.05, 4.69) is 5.16 Å². The molecule has 2 aromatic rings. The molecule has 0 radical (unpaired) electrons. The molecule has 0 heterocycles. The smallest absolute Gasteiger partial charge is 0.128 e. The molecule has 4 nitrogen and oxygen atoms in total. The molecule has 0 saturated heterocycles. The molecule has 0 unspecified atom stereocenters. The molecule has 4 heteroatoms. The van der Waals surface area contributed by atoms with Crippen molar-refractivity contribution in [3.8, 4) is 11.5 Å². The van der Waals surface area contributed by atoms with Crippen molar-refractivity contribution in [3.05, 3.63) is 60.2 Å². The number of rotatable bonds is 6. The minimum Gasteiger partial charge on any atom is -0.490 e. The SMILES string of the molecule is CC(=NO)c1ccccc1OCCOc1ccccc1. The van der Waals surface area contributed by atoms with E-state index in [-0.39, 0.29) is 0 Å². The Morgan fingerprint density at radius 3 is 2.35 bits per heavy atom. The molecule has 1 N–H and O–H groups in total. The number of ether oxygens (including phenoxy) is 2. The zero-order chi connectivity index (χ0) is 14.2. The van der Waals surface area contributed by atoms with Crippen LogP contribution in [0.5, 0.6) is 11.5 Å². The van der Waals surface area contributed by atoms with Gasteiger partial charge in [0.2, 0.25) is 0 Å². The van der Waals surface area contributed by atoms with Crippen molar-refractivity contribution in [3.63, 3.8) is 0 Å². The highest BCUT2D eigenvalue weighted by molar-refractivity contribution is 6.00. The van der Waals surface area contributed by atoms with Crippen molar-refractivity contribution >= 4 is 5.71 Å². The molecule has 0 bridgehead atoms. The van der Waals surface area contributed by atoms with Crippen molar-refractivity contribution in [1.29, 1.82) is 0 Å². The molecule has 20 heavy (non-hydrogen) atoms. The van der Waals surface area contributed by atoms with Crippen LogP contribution in [0.3, 0.4) is 0 Å². The third-order valence-electron chi connectivity index (χ3n) is 2.78. The molecule has 2 rings (SSSR count).